The summed E-state index contributed by atoms with van der Waals surface area (Å²) in [6, 6.07) is 7.35. The van der Waals surface area contributed by atoms with E-state index in [0.717, 1.165) is 22.3 Å². The van der Waals surface area contributed by atoms with Crippen molar-refractivity contribution in [3.05, 3.63) is 52.6 Å². The summed E-state index contributed by atoms with van der Waals surface area (Å²) < 4.78 is 33.0. The van der Waals surface area contributed by atoms with Crippen molar-refractivity contribution < 1.29 is 33.2 Å². The van der Waals surface area contributed by atoms with Gasteiger partial charge in [0.1, 0.15) is 11.5 Å². The van der Waals surface area contributed by atoms with E-state index in [1.807, 2.05) is 31.2 Å². The summed E-state index contributed by atoms with van der Waals surface area (Å²) in [5.74, 6) is 3.72. The van der Waals surface area contributed by atoms with Crippen LogP contribution in [0.5, 0.6) is 34.5 Å². The quantitative estimate of drug-likeness (QED) is 0.470. The molecule has 0 spiro atoms. The van der Waals surface area contributed by atoms with Gasteiger partial charge >= 0.3 is 0 Å². The van der Waals surface area contributed by atoms with E-state index in [0.29, 0.717) is 40.9 Å². The molecule has 1 aliphatic rings. The molecule has 2 aromatic rings. The number of methoxy groups -OCH3 is 6. The number of benzene rings is 2. The molecule has 0 saturated heterocycles. The van der Waals surface area contributed by atoms with Crippen molar-refractivity contribution in [1.29, 1.82) is 0 Å². The minimum atomic E-state index is -0.0899. The van der Waals surface area contributed by atoms with Gasteiger partial charge in [-0.3, -0.25) is 4.79 Å². The van der Waals surface area contributed by atoms with Crippen molar-refractivity contribution in [2.75, 3.05) is 42.7 Å². The Morgan fingerprint density at radius 2 is 1.17 bits per heavy atom. The number of ether oxygens (including phenoxy) is 6. The Bertz CT molecular complexity index is 1150. The molecule has 0 radical (unpaired) electrons. The van der Waals surface area contributed by atoms with Gasteiger partial charge in [0, 0.05) is 35.6 Å². The lowest BCUT2D eigenvalue weighted by molar-refractivity contribution is -0.116. The Balaban J connectivity index is 2.05. The van der Waals surface area contributed by atoms with Crippen LogP contribution in [0, 0.1) is 5.92 Å². The molecule has 0 aliphatic heterocycles. The predicted octanol–water partition coefficient (Wildman–Crippen LogP) is 5.46. The fraction of sp³-hybridized carbons (Fsp3) is 0.393. The molecule has 2 aromatic carbocycles. The molecule has 1 aliphatic carbocycles. The van der Waals surface area contributed by atoms with Gasteiger partial charge in [0.25, 0.3) is 0 Å². The molecule has 0 fully saturated rings. The molecular formula is C28H34O7. The number of hydrogen-bond donors (Lipinski definition) is 0. The molecule has 0 saturated carbocycles. The first-order valence-electron chi connectivity index (χ1n) is 11.3. The van der Waals surface area contributed by atoms with Crippen LogP contribution in [-0.2, 0) is 4.79 Å². The average Bonchev–Trinajstić information content (AvgIpc) is 2.89. The van der Waals surface area contributed by atoms with Crippen LogP contribution in [0.15, 0.2) is 41.5 Å². The number of hydrogen-bond acceptors (Lipinski definition) is 7. The number of carbonyl (C=O) groups excluding carboxylic acids is 1. The maximum absolute atomic E-state index is 13.1. The lowest BCUT2D eigenvalue weighted by atomic mass is 9.72. The van der Waals surface area contributed by atoms with Crippen LogP contribution < -0.4 is 28.4 Å². The summed E-state index contributed by atoms with van der Waals surface area (Å²) in [5, 5.41) is 0. The maximum atomic E-state index is 13.1. The van der Waals surface area contributed by atoms with Gasteiger partial charge < -0.3 is 28.4 Å². The van der Waals surface area contributed by atoms with Crippen LogP contribution in [0.2, 0.25) is 0 Å². The molecule has 188 valence electrons. The Morgan fingerprint density at radius 1 is 0.686 bits per heavy atom. The third-order valence-corrected chi connectivity index (χ3v) is 6.66. The van der Waals surface area contributed by atoms with Gasteiger partial charge in [0.05, 0.1) is 42.7 Å². The monoisotopic (exact) mass is 482 g/mol. The fourth-order valence-electron chi connectivity index (χ4n) is 4.61. The second kappa shape index (κ2) is 11.2. The number of allylic oxidation sites excluding steroid dienone is 3. The molecule has 3 rings (SSSR count). The lowest BCUT2D eigenvalue weighted by Crippen LogP contribution is -2.24. The Hall–Kier alpha value is -3.61. The van der Waals surface area contributed by atoms with E-state index in [2.05, 4.69) is 6.92 Å². The number of rotatable bonds is 9. The minimum absolute atomic E-state index is 0.0436. The van der Waals surface area contributed by atoms with Gasteiger partial charge in [0.2, 0.25) is 0 Å². The normalized spacial score (nSPS) is 18.0. The van der Waals surface area contributed by atoms with Crippen molar-refractivity contribution in [3.8, 4) is 34.5 Å². The standard InChI is InChI=1S/C28H34O7/c1-16-19(10-9-18-11-25(32-5)27(34-7)14-23(18)30-3)17(2)22(29)12-20(16)21-13-26(33-6)28(35-8)15-24(21)31-4/h9-11,13-16,20H,12H2,1-8H3/b10-9+. The van der Waals surface area contributed by atoms with Gasteiger partial charge in [-0.15, -0.1) is 0 Å². The highest BCUT2D eigenvalue weighted by Gasteiger charge is 2.34. The maximum Gasteiger partial charge on any atom is 0.164 e. The second-order valence-corrected chi connectivity index (χ2v) is 8.33. The van der Waals surface area contributed by atoms with Gasteiger partial charge in [-0.05, 0) is 36.1 Å². The van der Waals surface area contributed by atoms with Crippen LogP contribution >= 0.6 is 0 Å². The van der Waals surface area contributed by atoms with Crippen LogP contribution in [0.4, 0.5) is 0 Å². The molecule has 7 nitrogen and oxygen atoms in total. The topological polar surface area (TPSA) is 72.5 Å². The van der Waals surface area contributed by atoms with E-state index >= 15 is 0 Å². The molecule has 2 unspecified atom stereocenters. The van der Waals surface area contributed by atoms with Crippen molar-refractivity contribution in [2.45, 2.75) is 26.2 Å². The molecule has 0 heterocycles. The van der Waals surface area contributed by atoms with Crippen LogP contribution in [0.3, 0.4) is 0 Å². The smallest absolute Gasteiger partial charge is 0.164 e. The first-order chi connectivity index (χ1) is 16.8. The molecule has 0 N–H and O–H groups in total. The Kier molecular flexibility index (Phi) is 8.33. The highest BCUT2D eigenvalue weighted by molar-refractivity contribution is 5.98. The van der Waals surface area contributed by atoms with Crippen molar-refractivity contribution in [1.82, 2.24) is 0 Å². The van der Waals surface area contributed by atoms with Gasteiger partial charge in [-0.25, -0.2) is 0 Å². The molecule has 0 amide bonds. The lowest BCUT2D eigenvalue weighted by Gasteiger charge is -2.32. The summed E-state index contributed by atoms with van der Waals surface area (Å²) in [7, 11) is 9.58. The first kappa shape index (κ1) is 26.0. The second-order valence-electron chi connectivity index (χ2n) is 8.33. The van der Waals surface area contributed by atoms with E-state index in [4.69, 9.17) is 28.4 Å². The van der Waals surface area contributed by atoms with Crippen molar-refractivity contribution in [3.63, 3.8) is 0 Å². The summed E-state index contributed by atoms with van der Waals surface area (Å²) in [5.41, 5.74) is 3.44. The van der Waals surface area contributed by atoms with Crippen LogP contribution in [0.1, 0.15) is 37.3 Å². The predicted molar refractivity (Wildman–Crippen MR) is 135 cm³/mol. The molecule has 7 heteroatoms. The zero-order valence-electron chi connectivity index (χ0n) is 21.7. The largest absolute Gasteiger partial charge is 0.496 e. The van der Waals surface area contributed by atoms with Crippen LogP contribution in [-0.4, -0.2) is 48.4 Å². The SMILES string of the molecule is COc1cc(OC)c(OC)cc1/C=C/C1=C(C)C(=O)CC(c2cc(OC)c(OC)cc2OC)C1C. The average molecular weight is 483 g/mol. The van der Waals surface area contributed by atoms with E-state index < -0.39 is 0 Å². The van der Waals surface area contributed by atoms with E-state index in [1.165, 1.54) is 0 Å². The molecule has 0 aromatic heterocycles. The van der Waals surface area contributed by atoms with E-state index in [-0.39, 0.29) is 17.6 Å². The highest BCUT2D eigenvalue weighted by atomic mass is 16.5. The third kappa shape index (κ3) is 5.09. The number of carbonyl (C=O) groups is 1. The van der Waals surface area contributed by atoms with Gasteiger partial charge in [-0.2, -0.15) is 0 Å². The number of ketones is 1. The van der Waals surface area contributed by atoms with E-state index in [9.17, 15) is 4.79 Å². The first-order valence-corrected chi connectivity index (χ1v) is 11.3. The summed E-state index contributed by atoms with van der Waals surface area (Å²) in [6.45, 7) is 4.01. The number of Topliss-reactive ketones (excluding diaryl/α,β-unsaturated/α-hetero) is 1. The Morgan fingerprint density at radius 3 is 1.71 bits per heavy atom. The molecule has 2 atom stereocenters. The molecular weight excluding hydrogens is 448 g/mol. The summed E-state index contributed by atoms with van der Waals surface area (Å²) >= 11 is 0. The Labute approximate surface area is 207 Å². The molecule has 35 heavy (non-hydrogen) atoms. The fourth-order valence-corrected chi connectivity index (χ4v) is 4.61. The zero-order chi connectivity index (χ0) is 25.7. The third-order valence-electron chi connectivity index (χ3n) is 6.66. The highest BCUT2D eigenvalue weighted by Crippen LogP contribution is 2.47. The zero-order valence-corrected chi connectivity index (χ0v) is 21.7. The summed E-state index contributed by atoms with van der Waals surface area (Å²) in [6.07, 6.45) is 4.31. The van der Waals surface area contributed by atoms with Crippen LogP contribution in [0.25, 0.3) is 6.08 Å². The van der Waals surface area contributed by atoms with Gasteiger partial charge in [-0.1, -0.05) is 19.1 Å². The molecule has 0 bridgehead atoms. The van der Waals surface area contributed by atoms with Crippen molar-refractivity contribution >= 4 is 11.9 Å². The summed E-state index contributed by atoms with van der Waals surface area (Å²) in [4.78, 5) is 13.1. The van der Waals surface area contributed by atoms with E-state index in [1.54, 1.807) is 54.8 Å². The van der Waals surface area contributed by atoms with Crippen molar-refractivity contribution in [2.24, 2.45) is 5.92 Å². The minimum Gasteiger partial charge on any atom is -0.496 e. The van der Waals surface area contributed by atoms with Gasteiger partial charge in [0.15, 0.2) is 28.8 Å².